The second-order valence-corrected chi connectivity index (χ2v) is 6.63. The van der Waals surface area contributed by atoms with Gasteiger partial charge in [-0.2, -0.15) is 0 Å². The molecule has 2 atom stereocenters. The van der Waals surface area contributed by atoms with Crippen LogP contribution < -0.4 is 0 Å². The summed E-state index contributed by atoms with van der Waals surface area (Å²) < 4.78 is 19.1. The second-order valence-electron chi connectivity index (χ2n) is 5.91. The molecule has 0 saturated carbocycles. The SMILES string of the molecule is Cc1cc(CN2C[C@@H](F)C[C@H]2CN(C)C(=O)c2cscn2)on1. The fourth-order valence-corrected chi connectivity index (χ4v) is 3.44. The summed E-state index contributed by atoms with van der Waals surface area (Å²) in [6.45, 7) is 3.17. The molecule has 0 aliphatic carbocycles. The van der Waals surface area contributed by atoms with Gasteiger partial charge >= 0.3 is 0 Å². The normalized spacial score (nSPS) is 21.7. The van der Waals surface area contributed by atoms with E-state index in [4.69, 9.17) is 4.52 Å². The van der Waals surface area contributed by atoms with Gasteiger partial charge in [0.15, 0.2) is 5.76 Å². The minimum Gasteiger partial charge on any atom is -0.360 e. The number of likely N-dealkylation sites (N-methyl/N-ethyl adjacent to an activating group) is 1. The molecule has 3 rings (SSSR count). The molecular weight excluding hydrogens is 319 g/mol. The van der Waals surface area contributed by atoms with E-state index in [1.54, 1.807) is 22.8 Å². The van der Waals surface area contributed by atoms with E-state index < -0.39 is 6.17 Å². The molecule has 2 aromatic heterocycles. The van der Waals surface area contributed by atoms with E-state index in [2.05, 4.69) is 10.1 Å². The smallest absolute Gasteiger partial charge is 0.273 e. The average molecular weight is 338 g/mol. The van der Waals surface area contributed by atoms with Crippen LogP contribution in [0.25, 0.3) is 0 Å². The van der Waals surface area contributed by atoms with Crippen molar-refractivity contribution in [1.82, 2.24) is 19.9 Å². The number of thiazole rings is 1. The Morgan fingerprint density at radius 3 is 3.09 bits per heavy atom. The van der Waals surface area contributed by atoms with Crippen LogP contribution in [-0.4, -0.2) is 58.2 Å². The van der Waals surface area contributed by atoms with Crippen LogP contribution >= 0.6 is 11.3 Å². The average Bonchev–Trinajstić information content (AvgIpc) is 3.22. The first-order valence-corrected chi connectivity index (χ1v) is 8.41. The van der Waals surface area contributed by atoms with Gasteiger partial charge in [-0.25, -0.2) is 9.37 Å². The van der Waals surface area contributed by atoms with Gasteiger partial charge in [-0.05, 0) is 13.3 Å². The van der Waals surface area contributed by atoms with Crippen molar-refractivity contribution in [2.45, 2.75) is 32.1 Å². The Morgan fingerprint density at radius 2 is 2.43 bits per heavy atom. The van der Waals surface area contributed by atoms with Crippen molar-refractivity contribution in [3.05, 3.63) is 34.1 Å². The highest BCUT2D eigenvalue weighted by atomic mass is 32.1. The molecule has 1 amide bonds. The van der Waals surface area contributed by atoms with Crippen molar-refractivity contribution in [2.75, 3.05) is 20.1 Å². The zero-order valence-electron chi connectivity index (χ0n) is 13.1. The molecule has 6 nitrogen and oxygen atoms in total. The van der Waals surface area contributed by atoms with Crippen LogP contribution in [0.1, 0.15) is 28.4 Å². The number of hydrogen-bond donors (Lipinski definition) is 0. The molecule has 1 saturated heterocycles. The summed E-state index contributed by atoms with van der Waals surface area (Å²) in [6, 6.07) is 1.82. The molecule has 1 fully saturated rings. The minimum absolute atomic E-state index is 0.0389. The number of rotatable bonds is 5. The van der Waals surface area contributed by atoms with E-state index in [0.29, 0.717) is 31.7 Å². The van der Waals surface area contributed by atoms with E-state index >= 15 is 0 Å². The largest absolute Gasteiger partial charge is 0.360 e. The number of amides is 1. The van der Waals surface area contributed by atoms with Crippen molar-refractivity contribution in [3.63, 3.8) is 0 Å². The first-order valence-electron chi connectivity index (χ1n) is 7.47. The standard InChI is InChI=1S/C15H19FN4O2S/c1-10-3-13(22-18-10)7-20-5-11(16)4-12(20)6-19(2)15(21)14-8-23-9-17-14/h3,8-9,11-12H,4-7H2,1-2H3/t11-,12-/m0/s1. The number of nitrogens with zero attached hydrogens (tertiary/aromatic N) is 4. The van der Waals surface area contributed by atoms with E-state index in [9.17, 15) is 9.18 Å². The molecule has 2 aromatic rings. The summed E-state index contributed by atoms with van der Waals surface area (Å²) in [5, 5.41) is 5.58. The lowest BCUT2D eigenvalue weighted by Crippen LogP contribution is -2.41. The van der Waals surface area contributed by atoms with Gasteiger partial charge in [0.2, 0.25) is 0 Å². The lowest BCUT2D eigenvalue weighted by molar-refractivity contribution is 0.0741. The molecule has 0 unspecified atom stereocenters. The van der Waals surface area contributed by atoms with Gasteiger partial charge in [0.05, 0.1) is 17.7 Å². The Kier molecular flexibility index (Phi) is 4.72. The van der Waals surface area contributed by atoms with Crippen LogP contribution in [0, 0.1) is 6.92 Å². The Balaban J connectivity index is 1.63. The lowest BCUT2D eigenvalue weighted by Gasteiger charge is -2.27. The van der Waals surface area contributed by atoms with Gasteiger partial charge in [-0.15, -0.1) is 11.3 Å². The molecule has 0 aromatic carbocycles. The summed E-state index contributed by atoms with van der Waals surface area (Å²) in [4.78, 5) is 19.9. The van der Waals surface area contributed by atoms with E-state index in [-0.39, 0.29) is 11.9 Å². The van der Waals surface area contributed by atoms with E-state index in [0.717, 1.165) is 11.5 Å². The summed E-state index contributed by atoms with van der Waals surface area (Å²) in [7, 11) is 1.73. The molecule has 23 heavy (non-hydrogen) atoms. The van der Waals surface area contributed by atoms with Crippen LogP contribution in [0.3, 0.4) is 0 Å². The monoisotopic (exact) mass is 338 g/mol. The minimum atomic E-state index is -0.883. The summed E-state index contributed by atoms with van der Waals surface area (Å²) >= 11 is 1.38. The molecule has 8 heteroatoms. The van der Waals surface area contributed by atoms with Crippen LogP contribution in [0.4, 0.5) is 4.39 Å². The first kappa shape index (κ1) is 16.1. The molecule has 1 aliphatic rings. The number of alkyl halides is 1. The number of likely N-dealkylation sites (tertiary alicyclic amines) is 1. The van der Waals surface area contributed by atoms with Gasteiger partial charge in [0, 0.05) is 37.6 Å². The molecule has 3 heterocycles. The number of carbonyl (C=O) groups excluding carboxylic acids is 1. The van der Waals surface area contributed by atoms with E-state index in [1.807, 2.05) is 17.9 Å². The predicted octanol–water partition coefficient (Wildman–Crippen LogP) is 2.12. The summed E-state index contributed by atoms with van der Waals surface area (Å²) in [5.41, 5.74) is 2.88. The van der Waals surface area contributed by atoms with Crippen LogP contribution in [-0.2, 0) is 6.54 Å². The highest BCUT2D eigenvalue weighted by Gasteiger charge is 2.34. The quantitative estimate of drug-likeness (QED) is 0.836. The lowest BCUT2D eigenvalue weighted by atomic mass is 10.2. The molecule has 0 N–H and O–H groups in total. The summed E-state index contributed by atoms with van der Waals surface area (Å²) in [5.74, 6) is 0.582. The van der Waals surface area contributed by atoms with Crippen molar-refractivity contribution in [2.24, 2.45) is 0 Å². The molecule has 124 valence electrons. The maximum absolute atomic E-state index is 13.9. The molecule has 1 aliphatic heterocycles. The Hall–Kier alpha value is -1.80. The number of carbonyl (C=O) groups is 1. The van der Waals surface area contributed by atoms with Crippen LogP contribution in [0.5, 0.6) is 0 Å². The number of aromatic nitrogens is 2. The van der Waals surface area contributed by atoms with Gasteiger partial charge in [-0.3, -0.25) is 9.69 Å². The third kappa shape index (κ3) is 3.76. The van der Waals surface area contributed by atoms with Crippen molar-refractivity contribution < 1.29 is 13.7 Å². The first-order chi connectivity index (χ1) is 11.0. The summed E-state index contributed by atoms with van der Waals surface area (Å²) in [6.07, 6.45) is -0.464. The number of halogens is 1. The van der Waals surface area contributed by atoms with Gasteiger partial charge in [0.25, 0.3) is 5.91 Å². The van der Waals surface area contributed by atoms with Gasteiger partial charge < -0.3 is 9.42 Å². The number of aryl methyl sites for hydroxylation is 1. The number of hydrogen-bond acceptors (Lipinski definition) is 6. The molecule has 0 bridgehead atoms. The zero-order chi connectivity index (χ0) is 16.4. The zero-order valence-corrected chi connectivity index (χ0v) is 13.9. The van der Waals surface area contributed by atoms with Crippen molar-refractivity contribution in [1.29, 1.82) is 0 Å². The van der Waals surface area contributed by atoms with Crippen molar-refractivity contribution >= 4 is 17.2 Å². The molecule has 0 spiro atoms. The molecule has 0 radical (unpaired) electrons. The Bertz CT molecular complexity index is 660. The van der Waals surface area contributed by atoms with E-state index in [1.165, 1.54) is 11.3 Å². The highest BCUT2D eigenvalue weighted by Crippen LogP contribution is 2.24. The second kappa shape index (κ2) is 6.76. The topological polar surface area (TPSA) is 62.5 Å². The predicted molar refractivity (Wildman–Crippen MR) is 84.0 cm³/mol. The molecular formula is C15H19FN4O2S. The Morgan fingerprint density at radius 1 is 1.61 bits per heavy atom. The van der Waals surface area contributed by atoms with Gasteiger partial charge in [0.1, 0.15) is 11.9 Å². The third-order valence-electron chi connectivity index (χ3n) is 4.00. The van der Waals surface area contributed by atoms with Crippen LogP contribution in [0.15, 0.2) is 21.5 Å². The fourth-order valence-electron chi connectivity index (χ4n) is 2.91. The highest BCUT2D eigenvalue weighted by molar-refractivity contribution is 7.07. The third-order valence-corrected chi connectivity index (χ3v) is 4.58. The van der Waals surface area contributed by atoms with Crippen LogP contribution in [0.2, 0.25) is 0 Å². The van der Waals surface area contributed by atoms with Gasteiger partial charge in [-0.1, -0.05) is 5.16 Å². The Labute approximate surface area is 137 Å². The maximum atomic E-state index is 13.9. The maximum Gasteiger partial charge on any atom is 0.273 e. The van der Waals surface area contributed by atoms with Crippen molar-refractivity contribution in [3.8, 4) is 0 Å². The fraction of sp³-hybridized carbons (Fsp3) is 0.533.